The zero-order valence-electron chi connectivity index (χ0n) is 14.8. The van der Waals surface area contributed by atoms with E-state index in [2.05, 4.69) is 15.6 Å². The summed E-state index contributed by atoms with van der Waals surface area (Å²) in [6, 6.07) is 9.34. The lowest BCUT2D eigenvalue weighted by Crippen LogP contribution is -2.33. The Kier molecular flexibility index (Phi) is 5.18. The van der Waals surface area contributed by atoms with Crippen molar-refractivity contribution in [3.8, 4) is 10.8 Å². The first-order valence-corrected chi connectivity index (χ1v) is 8.93. The second-order valence-electron chi connectivity index (χ2n) is 5.90. The van der Waals surface area contributed by atoms with Crippen molar-refractivity contribution >= 4 is 28.8 Å². The van der Waals surface area contributed by atoms with Gasteiger partial charge in [0.15, 0.2) is 10.8 Å². The Morgan fingerprint density at radius 3 is 2.50 bits per heavy atom. The Morgan fingerprint density at radius 2 is 1.85 bits per heavy atom. The number of aromatic nitrogens is 1. The molecule has 26 heavy (non-hydrogen) atoms. The maximum absolute atomic E-state index is 12.4. The van der Waals surface area contributed by atoms with E-state index in [1.165, 1.54) is 11.3 Å². The minimum atomic E-state index is -0.381. The van der Waals surface area contributed by atoms with Gasteiger partial charge in [-0.3, -0.25) is 9.59 Å². The largest absolute Gasteiger partial charge is 0.462 e. The fraction of sp³-hybridized carbons (Fsp3) is 0.211. The zero-order chi connectivity index (χ0) is 18.7. The summed E-state index contributed by atoms with van der Waals surface area (Å²) < 4.78 is 5.31. The number of amides is 2. The lowest BCUT2D eigenvalue weighted by Gasteiger charge is -2.11. The maximum Gasteiger partial charge on any atom is 0.271 e. The molecule has 1 aromatic carbocycles. The van der Waals surface area contributed by atoms with E-state index in [0.717, 1.165) is 21.7 Å². The van der Waals surface area contributed by atoms with Gasteiger partial charge in [0.1, 0.15) is 5.69 Å². The van der Waals surface area contributed by atoms with E-state index in [-0.39, 0.29) is 18.4 Å². The lowest BCUT2D eigenvalue weighted by molar-refractivity contribution is -0.115. The molecule has 3 rings (SSSR count). The molecular formula is C19H19N3O3S. The smallest absolute Gasteiger partial charge is 0.271 e. The van der Waals surface area contributed by atoms with Crippen LogP contribution in [0.25, 0.3) is 10.8 Å². The van der Waals surface area contributed by atoms with Crippen LogP contribution in [-0.4, -0.2) is 23.3 Å². The number of thiazole rings is 1. The van der Waals surface area contributed by atoms with Gasteiger partial charge >= 0.3 is 0 Å². The molecule has 2 aromatic heterocycles. The third-order valence-corrected chi connectivity index (χ3v) is 4.88. The highest BCUT2D eigenvalue weighted by atomic mass is 32.1. The third-order valence-electron chi connectivity index (χ3n) is 3.90. The van der Waals surface area contributed by atoms with E-state index in [0.29, 0.717) is 16.5 Å². The molecule has 2 amide bonds. The molecule has 0 saturated heterocycles. The number of carbonyl (C=O) groups is 2. The molecule has 0 aliphatic heterocycles. The molecule has 0 spiro atoms. The fourth-order valence-corrected chi connectivity index (χ4v) is 3.43. The van der Waals surface area contributed by atoms with Crippen molar-refractivity contribution in [3.05, 3.63) is 58.3 Å². The average Bonchev–Trinajstić information content (AvgIpc) is 3.25. The number of para-hydroxylation sites is 1. The molecule has 3 aromatic rings. The van der Waals surface area contributed by atoms with Crippen molar-refractivity contribution in [2.45, 2.75) is 20.8 Å². The predicted octanol–water partition coefficient (Wildman–Crippen LogP) is 3.70. The summed E-state index contributed by atoms with van der Waals surface area (Å²) in [4.78, 5) is 29.6. The second-order valence-corrected chi connectivity index (χ2v) is 7.10. The van der Waals surface area contributed by atoms with Gasteiger partial charge in [0.05, 0.1) is 12.8 Å². The Morgan fingerprint density at radius 1 is 1.12 bits per heavy atom. The van der Waals surface area contributed by atoms with E-state index in [1.54, 1.807) is 18.4 Å². The van der Waals surface area contributed by atoms with Gasteiger partial charge in [0.2, 0.25) is 5.91 Å². The summed E-state index contributed by atoms with van der Waals surface area (Å²) in [5.41, 5.74) is 3.03. The first-order valence-electron chi connectivity index (χ1n) is 8.11. The molecule has 0 atom stereocenters. The van der Waals surface area contributed by atoms with Crippen molar-refractivity contribution in [3.63, 3.8) is 0 Å². The number of nitrogens with one attached hydrogen (secondary N) is 2. The number of aryl methyl sites for hydroxylation is 3. The normalized spacial score (nSPS) is 10.6. The summed E-state index contributed by atoms with van der Waals surface area (Å²) in [6.45, 7) is 5.54. The molecule has 0 fully saturated rings. The molecular weight excluding hydrogens is 350 g/mol. The van der Waals surface area contributed by atoms with E-state index in [4.69, 9.17) is 4.42 Å². The average molecular weight is 369 g/mol. The Labute approximate surface area is 155 Å². The van der Waals surface area contributed by atoms with E-state index in [1.807, 2.05) is 39.0 Å². The van der Waals surface area contributed by atoms with Gasteiger partial charge in [-0.2, -0.15) is 0 Å². The molecule has 7 heteroatoms. The molecule has 2 heterocycles. The topological polar surface area (TPSA) is 84.2 Å². The third kappa shape index (κ3) is 3.83. The zero-order valence-corrected chi connectivity index (χ0v) is 15.6. The van der Waals surface area contributed by atoms with Crippen molar-refractivity contribution in [2.24, 2.45) is 0 Å². The van der Waals surface area contributed by atoms with Crippen LogP contribution in [0, 0.1) is 20.8 Å². The van der Waals surface area contributed by atoms with Crippen molar-refractivity contribution in [1.29, 1.82) is 0 Å². The fourth-order valence-electron chi connectivity index (χ4n) is 2.55. The first kappa shape index (κ1) is 17.9. The van der Waals surface area contributed by atoms with Crippen molar-refractivity contribution in [1.82, 2.24) is 10.3 Å². The van der Waals surface area contributed by atoms with Crippen LogP contribution < -0.4 is 10.6 Å². The highest BCUT2D eigenvalue weighted by Crippen LogP contribution is 2.27. The van der Waals surface area contributed by atoms with Crippen molar-refractivity contribution in [2.75, 3.05) is 11.9 Å². The van der Waals surface area contributed by atoms with E-state index in [9.17, 15) is 9.59 Å². The van der Waals surface area contributed by atoms with Gasteiger partial charge in [-0.25, -0.2) is 4.98 Å². The molecule has 0 radical (unpaired) electrons. The van der Waals surface area contributed by atoms with Gasteiger partial charge in [0, 0.05) is 10.6 Å². The number of carbonyl (C=O) groups excluding carboxylic acids is 2. The highest BCUT2D eigenvalue weighted by molar-refractivity contribution is 7.15. The minimum Gasteiger partial charge on any atom is -0.462 e. The van der Waals surface area contributed by atoms with Crippen molar-refractivity contribution < 1.29 is 14.0 Å². The van der Waals surface area contributed by atoms with Gasteiger partial charge in [-0.1, -0.05) is 18.2 Å². The molecule has 0 aliphatic rings. The summed E-state index contributed by atoms with van der Waals surface area (Å²) in [5, 5.41) is 6.10. The summed E-state index contributed by atoms with van der Waals surface area (Å²) in [5.74, 6) is -0.0481. The van der Waals surface area contributed by atoms with Crippen LogP contribution >= 0.6 is 11.3 Å². The monoisotopic (exact) mass is 369 g/mol. The molecule has 134 valence electrons. The van der Waals surface area contributed by atoms with Crippen LogP contribution in [0.5, 0.6) is 0 Å². The lowest BCUT2D eigenvalue weighted by atomic mass is 10.1. The van der Waals surface area contributed by atoms with Gasteiger partial charge in [0.25, 0.3) is 5.91 Å². The number of hydrogen-bond acceptors (Lipinski definition) is 5. The van der Waals surface area contributed by atoms with Gasteiger partial charge < -0.3 is 15.1 Å². The van der Waals surface area contributed by atoms with Crippen LogP contribution in [0.4, 0.5) is 5.69 Å². The molecule has 0 aliphatic carbocycles. The van der Waals surface area contributed by atoms with Crippen LogP contribution in [0.15, 0.2) is 41.0 Å². The molecule has 0 saturated carbocycles. The summed E-state index contributed by atoms with van der Waals surface area (Å²) in [7, 11) is 0. The number of anilines is 1. The van der Waals surface area contributed by atoms with Gasteiger partial charge in [-0.15, -0.1) is 11.3 Å². The number of nitrogens with zero attached hydrogens (tertiary/aromatic N) is 1. The summed E-state index contributed by atoms with van der Waals surface area (Å²) >= 11 is 1.37. The highest BCUT2D eigenvalue weighted by Gasteiger charge is 2.18. The second kappa shape index (κ2) is 7.53. The number of benzene rings is 1. The quantitative estimate of drug-likeness (QED) is 0.718. The van der Waals surface area contributed by atoms with Crippen LogP contribution in [-0.2, 0) is 4.79 Å². The maximum atomic E-state index is 12.4. The Hall–Kier alpha value is -2.93. The van der Waals surface area contributed by atoms with E-state index < -0.39 is 0 Å². The van der Waals surface area contributed by atoms with Crippen LogP contribution in [0.2, 0.25) is 0 Å². The molecule has 0 unspecified atom stereocenters. The molecule has 0 bridgehead atoms. The Bertz CT molecular complexity index is 925. The predicted molar refractivity (Wildman–Crippen MR) is 101 cm³/mol. The number of hydrogen-bond donors (Lipinski definition) is 2. The van der Waals surface area contributed by atoms with Crippen LogP contribution in [0.3, 0.4) is 0 Å². The minimum absolute atomic E-state index is 0.125. The number of furan rings is 1. The number of rotatable bonds is 5. The first-order chi connectivity index (χ1) is 12.5. The van der Waals surface area contributed by atoms with Gasteiger partial charge in [-0.05, 0) is 44.0 Å². The summed E-state index contributed by atoms with van der Waals surface area (Å²) in [6.07, 6.45) is 1.56. The molecule has 2 N–H and O–H groups in total. The standard InChI is InChI=1S/C19H19N3O3S/c1-11-6-4-7-12(2)16(11)21-15(23)10-20-18(24)17-13(3)26-19(22-17)14-8-5-9-25-14/h4-9H,10H2,1-3H3,(H,20,24)(H,21,23). The van der Waals surface area contributed by atoms with Crippen LogP contribution in [0.1, 0.15) is 26.5 Å². The Balaban J connectivity index is 1.63. The van der Waals surface area contributed by atoms with E-state index >= 15 is 0 Å². The molecule has 6 nitrogen and oxygen atoms in total. The SMILES string of the molecule is Cc1cccc(C)c1NC(=O)CNC(=O)c1nc(-c2ccco2)sc1C.